The summed E-state index contributed by atoms with van der Waals surface area (Å²) in [6, 6.07) is 17.1. The maximum absolute atomic E-state index is 12.6. The van der Waals surface area contributed by atoms with Gasteiger partial charge in [-0.1, -0.05) is 42.5 Å². The fourth-order valence-corrected chi connectivity index (χ4v) is 2.81. The van der Waals surface area contributed by atoms with Gasteiger partial charge >= 0.3 is 0 Å². The highest BCUT2D eigenvalue weighted by Crippen LogP contribution is 2.27. The van der Waals surface area contributed by atoms with Crippen LogP contribution in [0.2, 0.25) is 0 Å². The van der Waals surface area contributed by atoms with Gasteiger partial charge in [-0.25, -0.2) is 4.90 Å². The lowest BCUT2D eigenvalue weighted by Crippen LogP contribution is -2.28. The minimum absolute atomic E-state index is 0.146. The molecule has 2 amide bonds. The molecule has 4 nitrogen and oxygen atoms in total. The SMILES string of the molecule is CN(C)Cc1ccc(/C=C2\CC(=O)N(c3ccccc3)C2=O)cc1. The van der Waals surface area contributed by atoms with E-state index in [0.29, 0.717) is 11.3 Å². The zero-order valence-electron chi connectivity index (χ0n) is 13.9. The van der Waals surface area contributed by atoms with Gasteiger partial charge in [0.25, 0.3) is 5.91 Å². The Bertz CT molecular complexity index is 777. The van der Waals surface area contributed by atoms with Crippen LogP contribution in [-0.2, 0) is 16.1 Å². The van der Waals surface area contributed by atoms with Crippen molar-refractivity contribution in [3.05, 3.63) is 71.3 Å². The van der Waals surface area contributed by atoms with Crippen LogP contribution in [0.4, 0.5) is 5.69 Å². The molecule has 122 valence electrons. The highest BCUT2D eigenvalue weighted by Gasteiger charge is 2.34. The quantitative estimate of drug-likeness (QED) is 0.642. The molecule has 1 saturated heterocycles. The van der Waals surface area contributed by atoms with E-state index < -0.39 is 0 Å². The Morgan fingerprint density at radius 3 is 2.29 bits per heavy atom. The van der Waals surface area contributed by atoms with E-state index in [1.54, 1.807) is 12.1 Å². The predicted molar refractivity (Wildman–Crippen MR) is 95.4 cm³/mol. The summed E-state index contributed by atoms with van der Waals surface area (Å²) in [5.74, 6) is -0.412. The van der Waals surface area contributed by atoms with Crippen LogP contribution in [0.1, 0.15) is 17.5 Å². The van der Waals surface area contributed by atoms with Crippen molar-refractivity contribution < 1.29 is 9.59 Å². The predicted octanol–water partition coefficient (Wildman–Crippen LogP) is 3.10. The summed E-state index contributed by atoms with van der Waals surface area (Å²) < 4.78 is 0. The smallest absolute Gasteiger partial charge is 0.261 e. The molecule has 0 saturated carbocycles. The van der Waals surface area contributed by atoms with Crippen LogP contribution in [0.5, 0.6) is 0 Å². The minimum Gasteiger partial charge on any atom is -0.305 e. The van der Waals surface area contributed by atoms with Gasteiger partial charge in [0.15, 0.2) is 0 Å². The van der Waals surface area contributed by atoms with Gasteiger partial charge in [-0.15, -0.1) is 0 Å². The standard InChI is InChI=1S/C20H20N2O2/c1-21(2)14-16-10-8-15(9-11-16)12-17-13-19(23)22(20(17)24)18-6-4-3-5-7-18/h3-12H,13-14H2,1-2H3/b17-12+. The number of imide groups is 1. The van der Waals surface area contributed by atoms with Crippen molar-refractivity contribution in [1.82, 2.24) is 4.90 Å². The van der Waals surface area contributed by atoms with Crippen molar-refractivity contribution >= 4 is 23.6 Å². The molecule has 24 heavy (non-hydrogen) atoms. The van der Waals surface area contributed by atoms with Gasteiger partial charge in [0.05, 0.1) is 12.1 Å². The van der Waals surface area contributed by atoms with Crippen LogP contribution in [0.25, 0.3) is 6.08 Å². The lowest BCUT2D eigenvalue weighted by atomic mass is 10.1. The van der Waals surface area contributed by atoms with Gasteiger partial charge in [0, 0.05) is 12.1 Å². The molecule has 1 fully saturated rings. The van der Waals surface area contributed by atoms with E-state index >= 15 is 0 Å². The number of hydrogen-bond donors (Lipinski definition) is 0. The molecule has 2 aromatic carbocycles. The van der Waals surface area contributed by atoms with E-state index in [-0.39, 0.29) is 18.2 Å². The zero-order chi connectivity index (χ0) is 17.1. The van der Waals surface area contributed by atoms with Gasteiger partial charge in [0.1, 0.15) is 0 Å². The van der Waals surface area contributed by atoms with E-state index in [2.05, 4.69) is 4.90 Å². The summed E-state index contributed by atoms with van der Waals surface area (Å²) in [4.78, 5) is 28.1. The van der Waals surface area contributed by atoms with E-state index in [0.717, 1.165) is 12.1 Å². The van der Waals surface area contributed by atoms with E-state index in [4.69, 9.17) is 0 Å². The third-order valence-electron chi connectivity index (χ3n) is 3.90. The minimum atomic E-state index is -0.233. The fourth-order valence-electron chi connectivity index (χ4n) is 2.81. The number of nitrogens with zero attached hydrogens (tertiary/aromatic N) is 2. The molecule has 0 N–H and O–H groups in total. The molecule has 0 unspecified atom stereocenters. The van der Waals surface area contributed by atoms with Gasteiger partial charge in [0.2, 0.25) is 5.91 Å². The average Bonchev–Trinajstić information content (AvgIpc) is 2.83. The number of benzene rings is 2. The van der Waals surface area contributed by atoms with Gasteiger partial charge in [-0.2, -0.15) is 0 Å². The first-order valence-electron chi connectivity index (χ1n) is 7.91. The third kappa shape index (κ3) is 3.44. The van der Waals surface area contributed by atoms with E-state index in [1.807, 2.05) is 62.6 Å². The van der Waals surface area contributed by atoms with Gasteiger partial charge in [-0.05, 0) is 43.4 Å². The number of anilines is 1. The highest BCUT2D eigenvalue weighted by molar-refractivity contribution is 6.29. The van der Waals surface area contributed by atoms with Gasteiger partial charge in [-0.3, -0.25) is 9.59 Å². The first-order valence-corrected chi connectivity index (χ1v) is 7.91. The summed E-state index contributed by atoms with van der Waals surface area (Å²) in [6.07, 6.45) is 1.95. The van der Waals surface area contributed by atoms with E-state index in [1.165, 1.54) is 10.5 Å². The highest BCUT2D eigenvalue weighted by atomic mass is 16.2. The van der Waals surface area contributed by atoms with Crippen molar-refractivity contribution in [1.29, 1.82) is 0 Å². The topological polar surface area (TPSA) is 40.6 Å². The molecular weight excluding hydrogens is 300 g/mol. The normalized spacial score (nSPS) is 16.5. The molecule has 0 atom stereocenters. The van der Waals surface area contributed by atoms with Crippen molar-refractivity contribution in [2.24, 2.45) is 0 Å². The Hall–Kier alpha value is -2.72. The first-order chi connectivity index (χ1) is 11.5. The summed E-state index contributed by atoms with van der Waals surface area (Å²) >= 11 is 0. The maximum Gasteiger partial charge on any atom is 0.261 e. The molecule has 0 aromatic heterocycles. The van der Waals surface area contributed by atoms with E-state index in [9.17, 15) is 9.59 Å². The summed E-state index contributed by atoms with van der Waals surface area (Å²) in [7, 11) is 4.05. The molecule has 4 heteroatoms. The molecule has 2 aromatic rings. The molecule has 3 rings (SSSR count). The van der Waals surface area contributed by atoms with Crippen LogP contribution in [0, 0.1) is 0 Å². The third-order valence-corrected chi connectivity index (χ3v) is 3.90. The first kappa shape index (κ1) is 16.1. The second-order valence-electron chi connectivity index (χ2n) is 6.20. The molecule has 1 aliphatic heterocycles. The summed E-state index contributed by atoms with van der Waals surface area (Å²) in [6.45, 7) is 0.871. The van der Waals surface area contributed by atoms with Gasteiger partial charge < -0.3 is 4.90 Å². The Labute approximate surface area is 142 Å². The number of para-hydroxylation sites is 1. The van der Waals surface area contributed by atoms with Crippen LogP contribution in [0.3, 0.4) is 0 Å². The van der Waals surface area contributed by atoms with Crippen molar-refractivity contribution in [3.63, 3.8) is 0 Å². The molecule has 0 spiro atoms. The monoisotopic (exact) mass is 320 g/mol. The molecule has 1 heterocycles. The summed E-state index contributed by atoms with van der Waals surface area (Å²) in [5.41, 5.74) is 3.30. The lowest BCUT2D eigenvalue weighted by Gasteiger charge is -2.12. The molecular formula is C20H20N2O2. The zero-order valence-corrected chi connectivity index (χ0v) is 13.9. The molecule has 1 aliphatic rings. The largest absolute Gasteiger partial charge is 0.305 e. The Kier molecular flexibility index (Phi) is 4.58. The second-order valence-corrected chi connectivity index (χ2v) is 6.20. The van der Waals surface area contributed by atoms with Crippen LogP contribution in [-0.4, -0.2) is 30.8 Å². The number of amides is 2. The number of rotatable bonds is 4. The fraction of sp³-hybridized carbons (Fsp3) is 0.200. The van der Waals surface area contributed by atoms with Crippen LogP contribution in [0.15, 0.2) is 60.2 Å². The van der Waals surface area contributed by atoms with Crippen LogP contribution < -0.4 is 4.90 Å². The Morgan fingerprint density at radius 1 is 1.00 bits per heavy atom. The van der Waals surface area contributed by atoms with Crippen LogP contribution >= 0.6 is 0 Å². The van der Waals surface area contributed by atoms with Crippen molar-refractivity contribution in [3.8, 4) is 0 Å². The molecule has 0 radical (unpaired) electrons. The maximum atomic E-state index is 12.6. The Morgan fingerprint density at radius 2 is 1.67 bits per heavy atom. The average molecular weight is 320 g/mol. The molecule has 0 aliphatic carbocycles. The summed E-state index contributed by atoms with van der Waals surface area (Å²) in [5, 5.41) is 0. The van der Waals surface area contributed by atoms with Crippen molar-refractivity contribution in [2.45, 2.75) is 13.0 Å². The Balaban J connectivity index is 1.81. The molecule has 0 bridgehead atoms. The number of hydrogen-bond acceptors (Lipinski definition) is 3. The van der Waals surface area contributed by atoms with Crippen molar-refractivity contribution in [2.75, 3.05) is 19.0 Å². The second kappa shape index (κ2) is 6.81. The lowest BCUT2D eigenvalue weighted by molar-refractivity contribution is -0.120. The number of carbonyl (C=O) groups excluding carboxylic acids is 2. The number of carbonyl (C=O) groups is 2.